The van der Waals surface area contributed by atoms with Crippen molar-refractivity contribution in [2.75, 3.05) is 33.4 Å². The van der Waals surface area contributed by atoms with Gasteiger partial charge in [0.1, 0.15) is 0 Å². The van der Waals surface area contributed by atoms with E-state index in [2.05, 4.69) is 5.32 Å². The van der Waals surface area contributed by atoms with Crippen molar-refractivity contribution in [1.82, 2.24) is 9.62 Å². The third-order valence-corrected chi connectivity index (χ3v) is 5.33. The Bertz CT molecular complexity index is 507. The van der Waals surface area contributed by atoms with E-state index in [0.717, 1.165) is 5.56 Å². The lowest BCUT2D eigenvalue weighted by molar-refractivity contribution is 0.0730. The molecule has 1 atom stereocenters. The average molecular weight is 284 g/mol. The molecule has 1 N–H and O–H groups in total. The van der Waals surface area contributed by atoms with Crippen LogP contribution < -0.4 is 5.32 Å². The minimum absolute atomic E-state index is 0.208. The summed E-state index contributed by atoms with van der Waals surface area (Å²) >= 11 is 0. The lowest BCUT2D eigenvalue weighted by Gasteiger charge is -2.26. The van der Waals surface area contributed by atoms with Crippen LogP contribution in [-0.2, 0) is 14.8 Å². The third kappa shape index (κ3) is 3.14. The molecule has 1 fully saturated rings. The molecule has 0 spiro atoms. The number of hydrogen-bond donors (Lipinski definition) is 1. The lowest BCUT2D eigenvalue weighted by atomic mass is 10.1. The summed E-state index contributed by atoms with van der Waals surface area (Å²) in [5, 5.41) is 3.13. The van der Waals surface area contributed by atoms with Gasteiger partial charge in [-0.3, -0.25) is 0 Å². The van der Waals surface area contributed by atoms with Crippen LogP contribution in [-0.4, -0.2) is 46.1 Å². The molecule has 0 saturated carbocycles. The van der Waals surface area contributed by atoms with Crippen LogP contribution in [0.5, 0.6) is 0 Å². The Labute approximate surface area is 114 Å². The first-order chi connectivity index (χ1) is 9.05. The number of ether oxygens (including phenoxy) is 1. The molecular formula is C13H20N2O3S. The molecular weight excluding hydrogens is 264 g/mol. The summed E-state index contributed by atoms with van der Waals surface area (Å²) in [5.74, 6) is 0. The fraction of sp³-hybridized carbons (Fsp3) is 0.538. The van der Waals surface area contributed by atoms with Gasteiger partial charge in [-0.05, 0) is 31.7 Å². The first-order valence-electron chi connectivity index (χ1n) is 6.41. The minimum atomic E-state index is -3.38. The second-order valence-electron chi connectivity index (χ2n) is 4.60. The number of rotatable bonds is 4. The summed E-state index contributed by atoms with van der Waals surface area (Å²) in [5.41, 5.74) is 1.07. The zero-order valence-electron chi connectivity index (χ0n) is 11.3. The Balaban J connectivity index is 2.21. The first-order valence-corrected chi connectivity index (χ1v) is 7.85. The highest BCUT2D eigenvalue weighted by atomic mass is 32.2. The van der Waals surface area contributed by atoms with Gasteiger partial charge in [0.25, 0.3) is 0 Å². The molecule has 6 heteroatoms. The molecule has 1 unspecified atom stereocenters. The normalized spacial score (nSPS) is 19.3. The minimum Gasteiger partial charge on any atom is -0.379 e. The highest BCUT2D eigenvalue weighted by Gasteiger charge is 2.26. The molecule has 0 amide bonds. The number of sulfonamides is 1. The van der Waals surface area contributed by atoms with Crippen LogP contribution in [0.25, 0.3) is 0 Å². The standard InChI is InChI=1S/C13H20N2O3S/c1-11(14-2)12-3-5-13(6-4-12)19(16,17)15-7-9-18-10-8-15/h3-6,11,14H,7-10H2,1-2H3. The van der Waals surface area contributed by atoms with E-state index in [0.29, 0.717) is 31.2 Å². The van der Waals surface area contributed by atoms with Crippen LogP contribution in [0, 0.1) is 0 Å². The zero-order chi connectivity index (χ0) is 13.9. The van der Waals surface area contributed by atoms with Crippen molar-refractivity contribution in [1.29, 1.82) is 0 Å². The van der Waals surface area contributed by atoms with Crippen LogP contribution in [0.2, 0.25) is 0 Å². The van der Waals surface area contributed by atoms with Gasteiger partial charge in [0.15, 0.2) is 0 Å². The fourth-order valence-corrected chi connectivity index (χ4v) is 3.44. The van der Waals surface area contributed by atoms with Crippen molar-refractivity contribution in [2.24, 2.45) is 0 Å². The summed E-state index contributed by atoms with van der Waals surface area (Å²) in [4.78, 5) is 0.349. The fourth-order valence-electron chi connectivity index (χ4n) is 2.03. The van der Waals surface area contributed by atoms with E-state index < -0.39 is 10.0 Å². The topological polar surface area (TPSA) is 58.6 Å². The Hall–Kier alpha value is -0.950. The number of morpholine rings is 1. The van der Waals surface area contributed by atoms with Crippen molar-refractivity contribution >= 4 is 10.0 Å². The second-order valence-corrected chi connectivity index (χ2v) is 6.53. The van der Waals surface area contributed by atoms with Crippen LogP contribution in [0.4, 0.5) is 0 Å². The molecule has 1 aromatic carbocycles. The molecule has 19 heavy (non-hydrogen) atoms. The van der Waals surface area contributed by atoms with E-state index in [4.69, 9.17) is 4.74 Å². The van der Waals surface area contributed by atoms with E-state index in [1.54, 1.807) is 12.1 Å². The smallest absolute Gasteiger partial charge is 0.243 e. The molecule has 1 heterocycles. The summed E-state index contributed by atoms with van der Waals surface area (Å²) in [7, 11) is -1.50. The van der Waals surface area contributed by atoms with Crippen LogP contribution in [0.15, 0.2) is 29.2 Å². The van der Waals surface area contributed by atoms with Crippen LogP contribution in [0.3, 0.4) is 0 Å². The Morgan fingerprint density at radius 2 is 1.79 bits per heavy atom. The Kier molecular flexibility index (Phi) is 4.57. The molecule has 106 valence electrons. The summed E-state index contributed by atoms with van der Waals surface area (Å²) in [6.45, 7) is 3.82. The maximum absolute atomic E-state index is 12.4. The van der Waals surface area contributed by atoms with E-state index >= 15 is 0 Å². The number of hydrogen-bond acceptors (Lipinski definition) is 4. The van der Waals surface area contributed by atoms with Crippen LogP contribution in [0.1, 0.15) is 18.5 Å². The van der Waals surface area contributed by atoms with Crippen molar-refractivity contribution in [3.63, 3.8) is 0 Å². The second kappa shape index (κ2) is 6.00. The molecule has 0 aromatic heterocycles. The molecule has 1 aliphatic rings. The van der Waals surface area contributed by atoms with Crippen molar-refractivity contribution in [3.05, 3.63) is 29.8 Å². The molecule has 5 nitrogen and oxygen atoms in total. The summed E-state index contributed by atoms with van der Waals surface area (Å²) in [6.07, 6.45) is 0. The number of nitrogens with zero attached hydrogens (tertiary/aromatic N) is 1. The van der Waals surface area contributed by atoms with Gasteiger partial charge in [-0.2, -0.15) is 4.31 Å². The van der Waals surface area contributed by atoms with Crippen molar-refractivity contribution < 1.29 is 13.2 Å². The maximum atomic E-state index is 12.4. The first kappa shape index (κ1) is 14.5. The average Bonchev–Trinajstić information content (AvgIpc) is 2.47. The molecule has 0 aliphatic carbocycles. The maximum Gasteiger partial charge on any atom is 0.243 e. The van der Waals surface area contributed by atoms with Gasteiger partial charge < -0.3 is 10.1 Å². The van der Waals surface area contributed by atoms with Gasteiger partial charge in [-0.25, -0.2) is 8.42 Å². The van der Waals surface area contributed by atoms with Crippen LogP contribution >= 0.6 is 0 Å². The summed E-state index contributed by atoms with van der Waals surface area (Å²) in [6, 6.07) is 7.27. The van der Waals surface area contributed by atoms with Gasteiger partial charge in [-0.15, -0.1) is 0 Å². The van der Waals surface area contributed by atoms with E-state index in [1.807, 2.05) is 26.1 Å². The lowest BCUT2D eigenvalue weighted by Crippen LogP contribution is -2.40. The van der Waals surface area contributed by atoms with E-state index in [9.17, 15) is 8.42 Å². The van der Waals surface area contributed by atoms with E-state index in [1.165, 1.54) is 4.31 Å². The molecule has 2 rings (SSSR count). The largest absolute Gasteiger partial charge is 0.379 e. The Morgan fingerprint density at radius 3 is 2.32 bits per heavy atom. The molecule has 0 bridgehead atoms. The number of benzene rings is 1. The summed E-state index contributed by atoms with van der Waals surface area (Å²) < 4.78 is 31.4. The highest BCUT2D eigenvalue weighted by molar-refractivity contribution is 7.89. The van der Waals surface area contributed by atoms with Gasteiger partial charge in [-0.1, -0.05) is 12.1 Å². The predicted molar refractivity (Wildman–Crippen MR) is 73.5 cm³/mol. The van der Waals surface area contributed by atoms with Crippen molar-refractivity contribution in [3.8, 4) is 0 Å². The number of nitrogens with one attached hydrogen (secondary N) is 1. The SMILES string of the molecule is CNC(C)c1ccc(S(=O)(=O)N2CCOCC2)cc1. The van der Waals surface area contributed by atoms with Gasteiger partial charge in [0, 0.05) is 19.1 Å². The van der Waals surface area contributed by atoms with Crippen molar-refractivity contribution in [2.45, 2.75) is 17.9 Å². The monoisotopic (exact) mass is 284 g/mol. The third-order valence-electron chi connectivity index (χ3n) is 3.42. The van der Waals surface area contributed by atoms with Gasteiger partial charge in [0.2, 0.25) is 10.0 Å². The highest BCUT2D eigenvalue weighted by Crippen LogP contribution is 2.20. The zero-order valence-corrected chi connectivity index (χ0v) is 12.1. The molecule has 1 aromatic rings. The van der Waals surface area contributed by atoms with Gasteiger partial charge in [0.05, 0.1) is 18.1 Å². The molecule has 0 radical (unpaired) electrons. The predicted octanol–water partition coefficient (Wildman–Crippen LogP) is 0.988. The molecule has 1 aliphatic heterocycles. The quantitative estimate of drug-likeness (QED) is 0.896. The van der Waals surface area contributed by atoms with Gasteiger partial charge >= 0.3 is 0 Å². The van der Waals surface area contributed by atoms with E-state index in [-0.39, 0.29) is 6.04 Å². The molecule has 1 saturated heterocycles. The Morgan fingerprint density at radius 1 is 1.21 bits per heavy atom.